The molecule has 1 aliphatic heterocycles. The average Bonchev–Trinajstić information content (AvgIpc) is 2.79. The van der Waals surface area contributed by atoms with E-state index in [-0.39, 0.29) is 0 Å². The molecule has 0 saturated carbocycles. The van der Waals surface area contributed by atoms with Crippen LogP contribution in [-0.4, -0.2) is 13.8 Å². The molecular formula is C11H26BN2. The monoisotopic (exact) mass is 197 g/mol. The standard InChI is InChI=1S/C6H14B.C3H6N2.C2H6/c1-5-6(2,3)7-4;1-2-4-5-3-1;1-2/h5H2,1-4H3;1-2,4-5H,3H2;1-2H3. The van der Waals surface area contributed by atoms with Gasteiger partial charge in [0.15, 0.2) is 0 Å². The van der Waals surface area contributed by atoms with E-state index in [1.54, 1.807) is 0 Å². The molecule has 0 saturated heterocycles. The highest BCUT2D eigenvalue weighted by Crippen LogP contribution is 2.25. The van der Waals surface area contributed by atoms with Crippen LogP contribution in [0.15, 0.2) is 12.3 Å². The van der Waals surface area contributed by atoms with Gasteiger partial charge in [0.25, 0.3) is 0 Å². The zero-order chi connectivity index (χ0) is 11.4. The summed E-state index contributed by atoms with van der Waals surface area (Å²) in [6.45, 7) is 13.8. The number of hydrogen-bond acceptors (Lipinski definition) is 2. The van der Waals surface area contributed by atoms with Crippen molar-refractivity contribution in [1.29, 1.82) is 0 Å². The van der Waals surface area contributed by atoms with Gasteiger partial charge in [-0.3, -0.25) is 0 Å². The van der Waals surface area contributed by atoms with E-state index in [9.17, 15) is 0 Å². The molecule has 0 aromatic carbocycles. The zero-order valence-corrected chi connectivity index (χ0v) is 10.6. The molecule has 3 heteroatoms. The van der Waals surface area contributed by atoms with Crippen LogP contribution in [0.5, 0.6) is 0 Å². The van der Waals surface area contributed by atoms with Gasteiger partial charge in [-0.1, -0.05) is 59.3 Å². The third-order valence-electron chi connectivity index (χ3n) is 2.22. The van der Waals surface area contributed by atoms with Crippen LogP contribution in [0.3, 0.4) is 0 Å². The van der Waals surface area contributed by atoms with Gasteiger partial charge in [0.2, 0.25) is 0 Å². The SMILES string of the molecule is C1=CNNC1.CC.C[B]C(C)(C)CC. The van der Waals surface area contributed by atoms with Crippen molar-refractivity contribution in [3.05, 3.63) is 12.3 Å². The molecule has 0 aromatic heterocycles. The number of hydrazine groups is 1. The van der Waals surface area contributed by atoms with Gasteiger partial charge < -0.3 is 5.43 Å². The molecule has 0 fully saturated rings. The van der Waals surface area contributed by atoms with Crippen LogP contribution < -0.4 is 10.9 Å². The quantitative estimate of drug-likeness (QED) is 0.665. The summed E-state index contributed by atoms with van der Waals surface area (Å²) < 4.78 is 0. The first kappa shape index (κ1) is 16.0. The molecule has 0 aliphatic carbocycles. The fourth-order valence-corrected chi connectivity index (χ4v) is 0.499. The van der Waals surface area contributed by atoms with Crippen molar-refractivity contribution in [2.24, 2.45) is 0 Å². The molecule has 0 bridgehead atoms. The highest BCUT2D eigenvalue weighted by atomic mass is 15.4. The molecule has 1 aliphatic rings. The fourth-order valence-electron chi connectivity index (χ4n) is 0.499. The van der Waals surface area contributed by atoms with Crippen molar-refractivity contribution < 1.29 is 0 Å². The van der Waals surface area contributed by atoms with Crippen LogP contribution in [0.2, 0.25) is 12.1 Å². The van der Waals surface area contributed by atoms with Crippen molar-refractivity contribution >= 4 is 7.28 Å². The Labute approximate surface area is 90.8 Å². The lowest BCUT2D eigenvalue weighted by Gasteiger charge is -2.17. The molecular weight excluding hydrogens is 171 g/mol. The van der Waals surface area contributed by atoms with Gasteiger partial charge in [0, 0.05) is 12.7 Å². The summed E-state index contributed by atoms with van der Waals surface area (Å²) in [5.41, 5.74) is 5.65. The smallest absolute Gasteiger partial charge is 0.113 e. The van der Waals surface area contributed by atoms with E-state index >= 15 is 0 Å². The fraction of sp³-hybridized carbons (Fsp3) is 0.818. The van der Waals surface area contributed by atoms with E-state index in [2.05, 4.69) is 45.7 Å². The lowest BCUT2D eigenvalue weighted by atomic mass is 9.55. The molecule has 0 unspecified atom stereocenters. The van der Waals surface area contributed by atoms with Crippen LogP contribution in [0.25, 0.3) is 0 Å². The molecule has 0 atom stereocenters. The second kappa shape index (κ2) is 10.6. The van der Waals surface area contributed by atoms with E-state index in [4.69, 9.17) is 0 Å². The summed E-state index contributed by atoms with van der Waals surface area (Å²) in [6.07, 6.45) is 5.13. The molecule has 2 N–H and O–H groups in total. The molecule has 83 valence electrons. The van der Waals surface area contributed by atoms with Gasteiger partial charge in [-0.15, -0.1) is 0 Å². The van der Waals surface area contributed by atoms with Crippen LogP contribution in [0.1, 0.15) is 41.0 Å². The van der Waals surface area contributed by atoms with Gasteiger partial charge in [-0.05, 0) is 0 Å². The van der Waals surface area contributed by atoms with Crippen molar-refractivity contribution in [1.82, 2.24) is 10.9 Å². The largest absolute Gasteiger partial charge is 0.329 e. The zero-order valence-electron chi connectivity index (χ0n) is 10.6. The van der Waals surface area contributed by atoms with Crippen molar-refractivity contribution in [2.75, 3.05) is 6.54 Å². The van der Waals surface area contributed by atoms with Crippen molar-refractivity contribution in [2.45, 2.75) is 53.2 Å². The van der Waals surface area contributed by atoms with Gasteiger partial charge >= 0.3 is 0 Å². The Morgan fingerprint density at radius 2 is 1.93 bits per heavy atom. The summed E-state index contributed by atoms with van der Waals surface area (Å²) in [5.74, 6) is 0. The number of hydrogen-bond donors (Lipinski definition) is 2. The summed E-state index contributed by atoms with van der Waals surface area (Å²) in [6, 6.07) is 0. The minimum absolute atomic E-state index is 0.458. The summed E-state index contributed by atoms with van der Waals surface area (Å²) in [7, 11) is 2.24. The minimum atomic E-state index is 0.458. The van der Waals surface area contributed by atoms with Crippen LogP contribution in [0, 0.1) is 0 Å². The molecule has 1 heterocycles. The number of nitrogens with one attached hydrogen (secondary N) is 2. The summed E-state index contributed by atoms with van der Waals surface area (Å²) >= 11 is 0. The summed E-state index contributed by atoms with van der Waals surface area (Å²) in [4.78, 5) is 0. The van der Waals surface area contributed by atoms with Crippen LogP contribution in [-0.2, 0) is 0 Å². The highest BCUT2D eigenvalue weighted by molar-refractivity contribution is 6.37. The van der Waals surface area contributed by atoms with E-state index in [1.165, 1.54) is 6.42 Å². The molecule has 0 aromatic rings. The molecule has 0 amide bonds. The Bertz CT molecular complexity index is 121. The molecule has 14 heavy (non-hydrogen) atoms. The predicted molar refractivity (Wildman–Crippen MR) is 67.6 cm³/mol. The maximum atomic E-state index is 2.86. The van der Waals surface area contributed by atoms with Crippen LogP contribution in [0.4, 0.5) is 0 Å². The van der Waals surface area contributed by atoms with E-state index in [0.717, 1.165) is 6.54 Å². The Balaban J connectivity index is 0. The predicted octanol–water partition coefficient (Wildman–Crippen LogP) is 2.98. The first-order valence-corrected chi connectivity index (χ1v) is 5.56. The second-order valence-corrected chi connectivity index (χ2v) is 3.56. The van der Waals surface area contributed by atoms with E-state index in [1.807, 2.05) is 26.1 Å². The number of rotatable bonds is 2. The minimum Gasteiger partial charge on any atom is -0.329 e. The first-order valence-electron chi connectivity index (χ1n) is 5.56. The maximum Gasteiger partial charge on any atom is 0.113 e. The molecule has 1 radical (unpaired) electrons. The van der Waals surface area contributed by atoms with E-state index < -0.39 is 0 Å². The van der Waals surface area contributed by atoms with Gasteiger partial charge in [-0.2, -0.15) is 0 Å². The Hall–Kier alpha value is -0.435. The first-order chi connectivity index (χ1) is 6.62. The Morgan fingerprint density at radius 3 is 2.00 bits per heavy atom. The third kappa shape index (κ3) is 11.6. The van der Waals surface area contributed by atoms with E-state index in [0.29, 0.717) is 5.31 Å². The Kier molecular flexibility index (Phi) is 12.2. The van der Waals surface area contributed by atoms with Crippen molar-refractivity contribution in [3.8, 4) is 0 Å². The van der Waals surface area contributed by atoms with Crippen molar-refractivity contribution in [3.63, 3.8) is 0 Å². The Morgan fingerprint density at radius 1 is 1.36 bits per heavy atom. The average molecular weight is 197 g/mol. The highest BCUT2D eigenvalue weighted by Gasteiger charge is 2.10. The van der Waals surface area contributed by atoms with Gasteiger partial charge in [0.05, 0.1) is 0 Å². The third-order valence-corrected chi connectivity index (χ3v) is 2.22. The topological polar surface area (TPSA) is 24.1 Å². The van der Waals surface area contributed by atoms with Gasteiger partial charge in [-0.25, -0.2) is 5.43 Å². The van der Waals surface area contributed by atoms with Gasteiger partial charge in [0.1, 0.15) is 7.28 Å². The lowest BCUT2D eigenvalue weighted by molar-refractivity contribution is 0.645. The maximum absolute atomic E-state index is 2.86. The summed E-state index contributed by atoms with van der Waals surface area (Å²) in [5, 5.41) is 0.458. The molecule has 2 nitrogen and oxygen atoms in total. The molecule has 0 spiro atoms. The normalized spacial score (nSPS) is 13.0. The van der Waals surface area contributed by atoms with Crippen LogP contribution >= 0.6 is 0 Å². The lowest BCUT2D eigenvalue weighted by Crippen LogP contribution is -2.19. The second-order valence-electron chi connectivity index (χ2n) is 3.56. The molecule has 1 rings (SSSR count).